The van der Waals surface area contributed by atoms with Gasteiger partial charge in [0, 0.05) is 0 Å². The van der Waals surface area contributed by atoms with Gasteiger partial charge >= 0.3 is 11.9 Å². The van der Waals surface area contributed by atoms with Gasteiger partial charge in [0.05, 0.1) is 17.9 Å². The molecule has 92 valence electrons. The number of carbonyl (C=O) groups is 2. The predicted octanol–water partition coefficient (Wildman–Crippen LogP) is 2.22. The SMILES string of the molecule is CCC(C)OC(=O)C1CCC(C(=O)O)CC1. The van der Waals surface area contributed by atoms with Gasteiger partial charge in [-0.1, -0.05) is 6.92 Å². The number of rotatable bonds is 4. The topological polar surface area (TPSA) is 63.6 Å². The molecule has 0 aromatic rings. The number of carboxylic acids is 1. The van der Waals surface area contributed by atoms with Crippen molar-refractivity contribution in [1.82, 2.24) is 0 Å². The smallest absolute Gasteiger partial charge is 0.309 e. The van der Waals surface area contributed by atoms with Crippen LogP contribution in [0, 0.1) is 11.8 Å². The highest BCUT2D eigenvalue weighted by Gasteiger charge is 2.30. The molecule has 1 rings (SSSR count). The first-order valence-electron chi connectivity index (χ1n) is 5.97. The van der Waals surface area contributed by atoms with Crippen molar-refractivity contribution in [2.75, 3.05) is 0 Å². The van der Waals surface area contributed by atoms with E-state index in [9.17, 15) is 9.59 Å². The molecule has 1 atom stereocenters. The van der Waals surface area contributed by atoms with Crippen LogP contribution in [0.3, 0.4) is 0 Å². The predicted molar refractivity (Wildman–Crippen MR) is 58.9 cm³/mol. The second kappa shape index (κ2) is 5.87. The van der Waals surface area contributed by atoms with Gasteiger partial charge in [-0.25, -0.2) is 0 Å². The molecule has 0 amide bonds. The van der Waals surface area contributed by atoms with Gasteiger partial charge in [-0.05, 0) is 39.0 Å². The molecule has 0 aliphatic heterocycles. The van der Waals surface area contributed by atoms with Gasteiger partial charge in [0.1, 0.15) is 0 Å². The van der Waals surface area contributed by atoms with Crippen molar-refractivity contribution in [3.05, 3.63) is 0 Å². The van der Waals surface area contributed by atoms with Crippen molar-refractivity contribution < 1.29 is 19.4 Å². The fourth-order valence-electron chi connectivity index (χ4n) is 1.95. The number of carbonyl (C=O) groups excluding carboxylic acids is 1. The number of esters is 1. The molecule has 0 saturated heterocycles. The summed E-state index contributed by atoms with van der Waals surface area (Å²) in [7, 11) is 0. The van der Waals surface area contributed by atoms with Gasteiger partial charge in [-0.2, -0.15) is 0 Å². The Hall–Kier alpha value is -1.06. The zero-order valence-electron chi connectivity index (χ0n) is 9.94. The van der Waals surface area contributed by atoms with Crippen LogP contribution in [0.15, 0.2) is 0 Å². The highest BCUT2D eigenvalue weighted by atomic mass is 16.5. The van der Waals surface area contributed by atoms with Crippen molar-refractivity contribution in [2.45, 2.75) is 52.1 Å². The van der Waals surface area contributed by atoms with E-state index >= 15 is 0 Å². The van der Waals surface area contributed by atoms with Crippen LogP contribution in [-0.4, -0.2) is 23.1 Å². The molecule has 1 saturated carbocycles. The van der Waals surface area contributed by atoms with E-state index in [1.54, 1.807) is 0 Å². The third-order valence-corrected chi connectivity index (χ3v) is 3.30. The van der Waals surface area contributed by atoms with Crippen molar-refractivity contribution in [1.29, 1.82) is 0 Å². The molecular formula is C12H20O4. The lowest BCUT2D eigenvalue weighted by Crippen LogP contribution is -2.28. The molecule has 1 aliphatic carbocycles. The summed E-state index contributed by atoms with van der Waals surface area (Å²) in [6.07, 6.45) is 3.25. The molecule has 4 heteroatoms. The van der Waals surface area contributed by atoms with E-state index in [0.717, 1.165) is 6.42 Å². The molecule has 4 nitrogen and oxygen atoms in total. The maximum absolute atomic E-state index is 11.7. The Bertz CT molecular complexity index is 254. The molecule has 0 radical (unpaired) electrons. The lowest BCUT2D eigenvalue weighted by atomic mass is 9.82. The minimum absolute atomic E-state index is 0.0373. The second-order valence-electron chi connectivity index (χ2n) is 4.54. The van der Waals surface area contributed by atoms with E-state index in [1.165, 1.54) is 0 Å². The van der Waals surface area contributed by atoms with E-state index in [2.05, 4.69) is 0 Å². The number of ether oxygens (including phenoxy) is 1. The maximum Gasteiger partial charge on any atom is 0.309 e. The number of hydrogen-bond acceptors (Lipinski definition) is 3. The molecule has 0 aromatic heterocycles. The van der Waals surface area contributed by atoms with Crippen LogP contribution in [0.25, 0.3) is 0 Å². The third kappa shape index (κ3) is 3.51. The third-order valence-electron chi connectivity index (χ3n) is 3.30. The highest BCUT2D eigenvalue weighted by Crippen LogP contribution is 2.30. The Morgan fingerprint density at radius 3 is 2.19 bits per heavy atom. The van der Waals surface area contributed by atoms with Gasteiger partial charge in [-0.3, -0.25) is 9.59 Å². The molecule has 0 aromatic carbocycles. The van der Waals surface area contributed by atoms with Crippen molar-refractivity contribution in [3.63, 3.8) is 0 Å². The summed E-state index contributed by atoms with van der Waals surface area (Å²) in [4.78, 5) is 22.4. The largest absolute Gasteiger partial charge is 0.481 e. The fourth-order valence-corrected chi connectivity index (χ4v) is 1.95. The Kier molecular flexibility index (Phi) is 4.77. The summed E-state index contributed by atoms with van der Waals surface area (Å²) >= 11 is 0. The van der Waals surface area contributed by atoms with E-state index in [1.807, 2.05) is 13.8 Å². The van der Waals surface area contributed by atoms with E-state index in [0.29, 0.717) is 25.7 Å². The van der Waals surface area contributed by atoms with Gasteiger partial charge in [0.2, 0.25) is 0 Å². The summed E-state index contributed by atoms with van der Waals surface area (Å²) < 4.78 is 5.25. The van der Waals surface area contributed by atoms with Gasteiger partial charge in [-0.15, -0.1) is 0 Å². The summed E-state index contributed by atoms with van der Waals surface area (Å²) in [5.41, 5.74) is 0. The Morgan fingerprint density at radius 2 is 1.75 bits per heavy atom. The lowest BCUT2D eigenvalue weighted by molar-refractivity contribution is -0.156. The first-order chi connectivity index (χ1) is 7.54. The van der Waals surface area contributed by atoms with E-state index in [-0.39, 0.29) is 23.9 Å². The highest BCUT2D eigenvalue weighted by molar-refractivity contribution is 5.74. The average molecular weight is 228 g/mol. The zero-order valence-corrected chi connectivity index (χ0v) is 9.94. The standard InChI is InChI=1S/C12H20O4/c1-3-8(2)16-12(15)10-6-4-9(5-7-10)11(13)14/h8-10H,3-7H2,1-2H3,(H,13,14). The molecule has 0 bridgehead atoms. The zero-order chi connectivity index (χ0) is 12.1. The van der Waals surface area contributed by atoms with Gasteiger partial charge in [0.25, 0.3) is 0 Å². The number of carboxylic acid groups (broad SMARTS) is 1. The summed E-state index contributed by atoms with van der Waals surface area (Å²) in [5, 5.41) is 8.83. The van der Waals surface area contributed by atoms with E-state index in [4.69, 9.17) is 9.84 Å². The normalized spacial score (nSPS) is 27.1. The molecule has 1 aliphatic rings. The summed E-state index contributed by atoms with van der Waals surface area (Å²) in [6.45, 7) is 3.85. The van der Waals surface area contributed by atoms with Gasteiger partial charge < -0.3 is 9.84 Å². The molecule has 0 spiro atoms. The first kappa shape index (κ1) is 13.0. The quantitative estimate of drug-likeness (QED) is 0.749. The molecule has 16 heavy (non-hydrogen) atoms. The molecule has 1 unspecified atom stereocenters. The second-order valence-corrected chi connectivity index (χ2v) is 4.54. The Labute approximate surface area is 96.0 Å². The summed E-state index contributed by atoms with van der Waals surface area (Å²) in [6, 6.07) is 0. The first-order valence-corrected chi connectivity index (χ1v) is 5.97. The molecular weight excluding hydrogens is 208 g/mol. The molecule has 1 fully saturated rings. The minimum atomic E-state index is -0.742. The van der Waals surface area contributed by atoms with Gasteiger partial charge in [0.15, 0.2) is 0 Å². The van der Waals surface area contributed by atoms with Crippen molar-refractivity contribution >= 4 is 11.9 Å². The number of aliphatic carboxylic acids is 1. The number of hydrogen-bond donors (Lipinski definition) is 1. The van der Waals surface area contributed by atoms with Crippen LogP contribution in [0.4, 0.5) is 0 Å². The lowest BCUT2D eigenvalue weighted by Gasteiger charge is -2.25. The van der Waals surface area contributed by atoms with Crippen LogP contribution in [-0.2, 0) is 14.3 Å². The Morgan fingerprint density at radius 1 is 1.25 bits per heavy atom. The van der Waals surface area contributed by atoms with Crippen LogP contribution in [0.2, 0.25) is 0 Å². The molecule has 1 N–H and O–H groups in total. The fraction of sp³-hybridized carbons (Fsp3) is 0.833. The van der Waals surface area contributed by atoms with Crippen molar-refractivity contribution in [2.24, 2.45) is 11.8 Å². The average Bonchev–Trinajstić information content (AvgIpc) is 2.28. The maximum atomic E-state index is 11.7. The van der Waals surface area contributed by atoms with Crippen LogP contribution >= 0.6 is 0 Å². The van der Waals surface area contributed by atoms with Crippen LogP contribution in [0.1, 0.15) is 46.0 Å². The Balaban J connectivity index is 2.36. The van der Waals surface area contributed by atoms with E-state index < -0.39 is 5.97 Å². The summed E-state index contributed by atoms with van der Waals surface area (Å²) in [5.74, 6) is -1.26. The monoisotopic (exact) mass is 228 g/mol. The van der Waals surface area contributed by atoms with Crippen molar-refractivity contribution in [3.8, 4) is 0 Å². The molecule has 0 heterocycles. The van der Waals surface area contributed by atoms with Crippen LogP contribution in [0.5, 0.6) is 0 Å². The minimum Gasteiger partial charge on any atom is -0.481 e. The van der Waals surface area contributed by atoms with Crippen LogP contribution < -0.4 is 0 Å².